The lowest BCUT2D eigenvalue weighted by Crippen LogP contribution is -2.22. The Morgan fingerprint density at radius 1 is 1.14 bits per heavy atom. The number of H-pyrrole nitrogens is 2. The maximum absolute atomic E-state index is 15.1. The molecule has 0 amide bonds. The summed E-state index contributed by atoms with van der Waals surface area (Å²) in [7, 11) is 0. The van der Waals surface area contributed by atoms with E-state index in [1.807, 2.05) is 36.6 Å². The predicted octanol–water partition coefficient (Wildman–Crippen LogP) is 7.68. The van der Waals surface area contributed by atoms with Crippen molar-refractivity contribution in [3.05, 3.63) is 95.4 Å². The number of halogens is 2. The smallest absolute Gasteiger partial charge is 0.306 e. The summed E-state index contributed by atoms with van der Waals surface area (Å²) in [6.07, 6.45) is 5.76. The Bertz CT molecular complexity index is 1810. The van der Waals surface area contributed by atoms with Crippen molar-refractivity contribution in [3.8, 4) is 29.0 Å². The monoisotopic (exact) mass is 586 g/mol. The van der Waals surface area contributed by atoms with Crippen LogP contribution in [0.5, 0.6) is 11.5 Å². The average molecular weight is 587 g/mol. The molecular weight excluding hydrogens is 558 g/mol. The molecule has 0 fully saturated rings. The molecule has 0 saturated carbocycles. The molecule has 1 unspecified atom stereocenters. The van der Waals surface area contributed by atoms with E-state index >= 15 is 8.78 Å². The molecule has 214 valence electrons. The van der Waals surface area contributed by atoms with Crippen molar-refractivity contribution in [2.24, 2.45) is 0 Å². The molecule has 2 aromatic heterocycles. The van der Waals surface area contributed by atoms with E-state index in [0.29, 0.717) is 34.7 Å². The van der Waals surface area contributed by atoms with Crippen molar-refractivity contribution in [1.29, 1.82) is 5.26 Å². The van der Waals surface area contributed by atoms with E-state index in [1.54, 1.807) is 20.0 Å². The number of hydrogen-bond acceptors (Lipinski definition) is 6. The lowest BCUT2D eigenvalue weighted by Gasteiger charge is -2.21. The lowest BCUT2D eigenvalue weighted by atomic mass is 9.80. The molecule has 0 aliphatic heterocycles. The Balaban J connectivity index is 1.44. The maximum atomic E-state index is 15.1. The zero-order valence-electron chi connectivity index (χ0n) is 23.3. The number of aryl methyl sites for hydroxylation is 1. The number of carbonyl (C=O) groups excluding carboxylic acids is 1. The maximum Gasteiger partial charge on any atom is 0.306 e. The van der Waals surface area contributed by atoms with Gasteiger partial charge in [0.2, 0.25) is 0 Å². The molecule has 0 aliphatic rings. The second kappa shape index (κ2) is 12.1. The standard InChI is InChI=1S/C32H28F2N4O3S/c1-4-40-28(39)11-8-19-6-5-7-20(14-19)32(2,18-35)27-17-37-31(38-27)23-15-21(9-10-24(23)33)41-29-25(34)16-26-22(12-13-36-26)30(29)42-3/h5-7,9-10,12-17,36H,4,8,11H2,1-3H3,(H,37,38). The molecule has 0 aliphatic carbocycles. The van der Waals surface area contributed by atoms with Crippen LogP contribution in [0, 0.1) is 23.0 Å². The van der Waals surface area contributed by atoms with Crippen LogP contribution >= 0.6 is 11.8 Å². The SMILES string of the molecule is CCOC(=O)CCc1cccc(C(C)(C#N)c2cnc(-c3cc(Oc4c(F)cc5[nH]ccc5c4SC)ccc3F)[nH]2)c1. The van der Waals surface area contributed by atoms with Crippen molar-refractivity contribution < 1.29 is 23.0 Å². The second-order valence-corrected chi connectivity index (χ2v) is 10.6. The minimum absolute atomic E-state index is 0.0483. The van der Waals surface area contributed by atoms with Crippen molar-refractivity contribution in [1.82, 2.24) is 15.0 Å². The number of nitrogens with one attached hydrogen (secondary N) is 2. The highest BCUT2D eigenvalue weighted by Crippen LogP contribution is 2.41. The van der Waals surface area contributed by atoms with Crippen molar-refractivity contribution in [2.45, 2.75) is 37.0 Å². The van der Waals surface area contributed by atoms with Crippen molar-refractivity contribution in [2.75, 3.05) is 12.9 Å². The number of aromatic nitrogens is 3. The average Bonchev–Trinajstić information content (AvgIpc) is 3.68. The van der Waals surface area contributed by atoms with Crippen LogP contribution in [-0.2, 0) is 21.4 Å². The number of esters is 1. The van der Waals surface area contributed by atoms with E-state index in [0.717, 1.165) is 10.9 Å². The highest BCUT2D eigenvalue weighted by atomic mass is 32.2. The van der Waals surface area contributed by atoms with Gasteiger partial charge in [-0.05, 0) is 61.9 Å². The van der Waals surface area contributed by atoms with Gasteiger partial charge in [-0.3, -0.25) is 4.79 Å². The Morgan fingerprint density at radius 3 is 2.74 bits per heavy atom. The third-order valence-electron chi connectivity index (χ3n) is 7.10. The molecule has 0 saturated heterocycles. The van der Waals surface area contributed by atoms with Crippen LogP contribution in [-0.4, -0.2) is 33.8 Å². The zero-order chi connectivity index (χ0) is 29.9. The van der Waals surface area contributed by atoms with E-state index < -0.39 is 17.0 Å². The first kappa shape index (κ1) is 28.9. The topological polar surface area (TPSA) is 104 Å². The molecule has 1 atom stereocenters. The highest BCUT2D eigenvalue weighted by molar-refractivity contribution is 7.99. The number of carbonyl (C=O) groups is 1. The Labute approximate surface area is 245 Å². The van der Waals surface area contributed by atoms with Gasteiger partial charge >= 0.3 is 5.97 Å². The first-order chi connectivity index (χ1) is 20.3. The van der Waals surface area contributed by atoms with Gasteiger partial charge < -0.3 is 19.4 Å². The summed E-state index contributed by atoms with van der Waals surface area (Å²) in [6.45, 7) is 3.83. The summed E-state index contributed by atoms with van der Waals surface area (Å²) in [4.78, 5) is 22.9. The van der Waals surface area contributed by atoms with Gasteiger partial charge in [0.1, 0.15) is 22.8 Å². The first-order valence-corrected chi connectivity index (χ1v) is 14.5. The van der Waals surface area contributed by atoms with Crippen LogP contribution in [0.3, 0.4) is 0 Å². The summed E-state index contributed by atoms with van der Waals surface area (Å²) in [5.74, 6) is -0.920. The molecule has 0 radical (unpaired) electrons. The van der Waals surface area contributed by atoms with Crippen LogP contribution in [0.2, 0.25) is 0 Å². The summed E-state index contributed by atoms with van der Waals surface area (Å²) in [5, 5.41) is 11.1. The normalized spacial score (nSPS) is 12.6. The second-order valence-electron chi connectivity index (χ2n) is 9.79. The number of nitriles is 1. The Hall–Kier alpha value is -4.62. The van der Waals surface area contributed by atoms with E-state index in [4.69, 9.17) is 9.47 Å². The number of thioether (sulfide) groups is 1. The number of aromatic amines is 2. The Kier molecular flexibility index (Phi) is 8.31. The molecule has 10 heteroatoms. The third-order valence-corrected chi connectivity index (χ3v) is 7.91. The van der Waals surface area contributed by atoms with Crippen LogP contribution in [0.4, 0.5) is 8.78 Å². The summed E-state index contributed by atoms with van der Waals surface area (Å²) in [6, 6.07) is 17.1. The molecule has 0 bridgehead atoms. The van der Waals surface area contributed by atoms with Gasteiger partial charge in [-0.15, -0.1) is 11.8 Å². The van der Waals surface area contributed by atoms with Crippen molar-refractivity contribution >= 4 is 28.6 Å². The number of benzene rings is 3. The molecule has 42 heavy (non-hydrogen) atoms. The number of nitrogens with zero attached hydrogens (tertiary/aromatic N) is 2. The van der Waals surface area contributed by atoms with Gasteiger partial charge in [0.25, 0.3) is 0 Å². The van der Waals surface area contributed by atoms with Crippen LogP contribution in [0.15, 0.2) is 71.9 Å². The fraction of sp³-hybridized carbons (Fsp3) is 0.219. The van der Waals surface area contributed by atoms with Gasteiger partial charge in [-0.2, -0.15) is 5.26 Å². The quantitative estimate of drug-likeness (QED) is 0.129. The lowest BCUT2D eigenvalue weighted by molar-refractivity contribution is -0.143. The van der Waals surface area contributed by atoms with Gasteiger partial charge in [-0.25, -0.2) is 13.8 Å². The summed E-state index contributed by atoms with van der Waals surface area (Å²) < 4.78 is 41.0. The van der Waals surface area contributed by atoms with E-state index in [2.05, 4.69) is 21.0 Å². The molecule has 5 rings (SSSR count). The molecule has 2 N–H and O–H groups in total. The number of ether oxygens (including phenoxy) is 2. The molecule has 0 spiro atoms. The number of hydrogen-bond donors (Lipinski definition) is 2. The third kappa shape index (κ3) is 5.60. The minimum Gasteiger partial charge on any atom is -0.466 e. The minimum atomic E-state index is -1.14. The van der Waals surface area contributed by atoms with Crippen LogP contribution in [0.25, 0.3) is 22.3 Å². The fourth-order valence-electron chi connectivity index (χ4n) is 4.80. The molecule has 3 aromatic carbocycles. The van der Waals surface area contributed by atoms with E-state index in [9.17, 15) is 10.1 Å². The number of fused-ring (bicyclic) bond motifs is 1. The molecular formula is C32H28F2N4O3S. The fourth-order valence-corrected chi connectivity index (χ4v) is 5.52. The molecule has 2 heterocycles. The van der Waals surface area contributed by atoms with Gasteiger partial charge in [0.15, 0.2) is 11.6 Å². The zero-order valence-corrected chi connectivity index (χ0v) is 24.1. The largest absolute Gasteiger partial charge is 0.466 e. The highest BCUT2D eigenvalue weighted by Gasteiger charge is 2.32. The van der Waals surface area contributed by atoms with E-state index in [1.165, 1.54) is 42.2 Å². The van der Waals surface area contributed by atoms with Crippen LogP contribution < -0.4 is 4.74 Å². The summed E-state index contributed by atoms with van der Waals surface area (Å²) >= 11 is 1.35. The molecule has 7 nitrogen and oxygen atoms in total. The van der Waals surface area contributed by atoms with Gasteiger partial charge in [0, 0.05) is 29.6 Å². The van der Waals surface area contributed by atoms with Crippen LogP contribution in [0.1, 0.15) is 37.1 Å². The van der Waals surface area contributed by atoms with Gasteiger partial charge in [-0.1, -0.05) is 24.3 Å². The predicted molar refractivity (Wildman–Crippen MR) is 158 cm³/mol. The van der Waals surface area contributed by atoms with Crippen molar-refractivity contribution in [3.63, 3.8) is 0 Å². The Morgan fingerprint density at radius 2 is 1.98 bits per heavy atom. The summed E-state index contributed by atoms with van der Waals surface area (Å²) in [5.41, 5.74) is 1.65. The van der Waals surface area contributed by atoms with E-state index in [-0.39, 0.29) is 35.3 Å². The number of rotatable bonds is 10. The van der Waals surface area contributed by atoms with Gasteiger partial charge in [0.05, 0.1) is 35.0 Å². The number of imidazole rings is 1. The first-order valence-electron chi connectivity index (χ1n) is 13.3. The molecule has 5 aromatic rings.